The number of aromatic nitrogens is 1. The fraction of sp³-hybridized carbons (Fsp3) is 0.0435. The first-order valence-electron chi connectivity index (χ1n) is 9.06. The molecule has 30 heavy (non-hydrogen) atoms. The maximum Gasteiger partial charge on any atom is 0.268 e. The number of fused-ring (bicyclic) bond motifs is 1. The number of halogens is 1. The van der Waals surface area contributed by atoms with E-state index in [1.54, 1.807) is 54.6 Å². The molecule has 5 nitrogen and oxygen atoms in total. The van der Waals surface area contributed by atoms with Gasteiger partial charge in [-0.1, -0.05) is 64.0 Å². The second-order valence-electron chi connectivity index (χ2n) is 6.84. The minimum absolute atomic E-state index is 0.0686. The predicted octanol–water partition coefficient (Wildman–Crippen LogP) is 4.54. The van der Waals surface area contributed by atoms with Gasteiger partial charge in [0.1, 0.15) is 0 Å². The van der Waals surface area contributed by atoms with Gasteiger partial charge in [-0.2, -0.15) is 0 Å². The van der Waals surface area contributed by atoms with Crippen molar-refractivity contribution in [3.8, 4) is 0 Å². The molecule has 0 saturated carbocycles. The van der Waals surface area contributed by atoms with Crippen molar-refractivity contribution in [1.29, 1.82) is 0 Å². The second kappa shape index (κ2) is 7.66. The Morgan fingerprint density at radius 3 is 2.27 bits per heavy atom. The molecule has 0 atom stereocenters. The van der Waals surface area contributed by atoms with Crippen molar-refractivity contribution in [2.75, 3.05) is 0 Å². The lowest BCUT2D eigenvalue weighted by molar-refractivity contribution is 0.103. The van der Waals surface area contributed by atoms with Crippen molar-refractivity contribution in [1.82, 2.24) is 3.97 Å². The highest BCUT2D eigenvalue weighted by atomic mass is 79.9. The van der Waals surface area contributed by atoms with Crippen LogP contribution in [-0.2, 0) is 10.0 Å². The summed E-state index contributed by atoms with van der Waals surface area (Å²) in [5.41, 5.74) is 0.706. The molecule has 0 amide bonds. The number of hydrogen-bond acceptors (Lipinski definition) is 4. The molecule has 1 heterocycles. The Kier molecular flexibility index (Phi) is 5.17. The molecule has 4 aromatic rings. The SMILES string of the molecule is Cc1ccc(S(=O)(=O)n2cc(C(=O)c3ccccc3)c(=O)c3cc(Br)ccc32)cc1. The van der Waals surface area contributed by atoms with Gasteiger partial charge in [-0.05, 0) is 37.3 Å². The van der Waals surface area contributed by atoms with Gasteiger partial charge in [-0.15, -0.1) is 0 Å². The Labute approximate surface area is 181 Å². The summed E-state index contributed by atoms with van der Waals surface area (Å²) < 4.78 is 28.4. The van der Waals surface area contributed by atoms with Crippen molar-refractivity contribution in [2.24, 2.45) is 0 Å². The normalized spacial score (nSPS) is 11.5. The van der Waals surface area contributed by atoms with Crippen LogP contribution in [0.4, 0.5) is 0 Å². The zero-order valence-electron chi connectivity index (χ0n) is 15.9. The van der Waals surface area contributed by atoms with Crippen LogP contribution in [0.25, 0.3) is 10.9 Å². The Morgan fingerprint density at radius 2 is 1.60 bits per heavy atom. The van der Waals surface area contributed by atoms with E-state index in [1.165, 1.54) is 18.2 Å². The maximum atomic E-state index is 13.4. The van der Waals surface area contributed by atoms with E-state index in [1.807, 2.05) is 6.92 Å². The lowest BCUT2D eigenvalue weighted by Crippen LogP contribution is -2.23. The van der Waals surface area contributed by atoms with Gasteiger partial charge in [-0.3, -0.25) is 9.59 Å². The van der Waals surface area contributed by atoms with Gasteiger partial charge in [0.2, 0.25) is 5.43 Å². The molecule has 0 bridgehead atoms. The van der Waals surface area contributed by atoms with Crippen LogP contribution in [0.5, 0.6) is 0 Å². The third kappa shape index (κ3) is 3.51. The molecule has 0 fully saturated rings. The van der Waals surface area contributed by atoms with Crippen LogP contribution >= 0.6 is 15.9 Å². The average molecular weight is 482 g/mol. The molecule has 0 unspecified atom stereocenters. The molecular formula is C23H16BrNO4S. The Bertz CT molecular complexity index is 1440. The number of hydrogen-bond donors (Lipinski definition) is 0. The predicted molar refractivity (Wildman–Crippen MR) is 120 cm³/mol. The van der Waals surface area contributed by atoms with Gasteiger partial charge in [0, 0.05) is 21.6 Å². The van der Waals surface area contributed by atoms with E-state index < -0.39 is 21.2 Å². The first-order chi connectivity index (χ1) is 14.3. The number of carbonyl (C=O) groups is 1. The fourth-order valence-electron chi connectivity index (χ4n) is 3.20. The average Bonchev–Trinajstić information content (AvgIpc) is 2.74. The number of nitrogens with zero attached hydrogens (tertiary/aromatic N) is 1. The van der Waals surface area contributed by atoms with Crippen LogP contribution in [0.2, 0.25) is 0 Å². The molecule has 0 N–H and O–H groups in total. The molecule has 0 radical (unpaired) electrons. The topological polar surface area (TPSA) is 73.2 Å². The number of benzene rings is 3. The standard InChI is InChI=1S/C23H16BrNO4S/c1-15-7-10-18(11-8-15)30(28,29)25-14-20(22(26)16-5-3-2-4-6-16)23(27)19-13-17(24)9-12-21(19)25/h2-14H,1H3. The molecule has 4 rings (SSSR count). The van der Waals surface area contributed by atoms with Crippen LogP contribution in [0.3, 0.4) is 0 Å². The van der Waals surface area contributed by atoms with Gasteiger partial charge in [0.15, 0.2) is 5.78 Å². The fourth-order valence-corrected chi connectivity index (χ4v) is 4.93. The van der Waals surface area contributed by atoms with E-state index >= 15 is 0 Å². The van der Waals surface area contributed by atoms with E-state index in [9.17, 15) is 18.0 Å². The van der Waals surface area contributed by atoms with Gasteiger partial charge in [0.25, 0.3) is 10.0 Å². The zero-order chi connectivity index (χ0) is 21.5. The quantitative estimate of drug-likeness (QED) is 0.401. The molecule has 150 valence electrons. The number of aryl methyl sites for hydroxylation is 1. The van der Waals surface area contributed by atoms with Gasteiger partial charge >= 0.3 is 0 Å². The van der Waals surface area contributed by atoms with E-state index in [4.69, 9.17) is 0 Å². The molecule has 7 heteroatoms. The van der Waals surface area contributed by atoms with Gasteiger partial charge < -0.3 is 0 Å². The minimum atomic E-state index is -4.04. The first-order valence-corrected chi connectivity index (χ1v) is 11.3. The van der Waals surface area contributed by atoms with Crippen LogP contribution < -0.4 is 5.43 Å². The highest BCUT2D eigenvalue weighted by molar-refractivity contribution is 9.10. The van der Waals surface area contributed by atoms with Crippen LogP contribution in [0.15, 0.2) is 93.2 Å². The molecule has 0 aliphatic carbocycles. The summed E-state index contributed by atoms with van der Waals surface area (Å²) in [4.78, 5) is 26.2. The molecule has 0 spiro atoms. The number of rotatable bonds is 4. The number of ketones is 1. The maximum absolute atomic E-state index is 13.4. The van der Waals surface area contributed by atoms with E-state index in [2.05, 4.69) is 15.9 Å². The smallest absolute Gasteiger partial charge is 0.268 e. The highest BCUT2D eigenvalue weighted by Gasteiger charge is 2.24. The monoisotopic (exact) mass is 481 g/mol. The van der Waals surface area contributed by atoms with Crippen molar-refractivity contribution in [2.45, 2.75) is 11.8 Å². The molecule has 1 aromatic heterocycles. The third-order valence-electron chi connectivity index (χ3n) is 4.79. The van der Waals surface area contributed by atoms with Crippen LogP contribution in [0.1, 0.15) is 21.5 Å². The number of carbonyl (C=O) groups excluding carboxylic acids is 1. The molecular weight excluding hydrogens is 466 g/mol. The van der Waals surface area contributed by atoms with Gasteiger partial charge in [0.05, 0.1) is 16.0 Å². The summed E-state index contributed by atoms with van der Waals surface area (Å²) in [6.07, 6.45) is 1.13. The largest absolute Gasteiger partial charge is 0.288 e. The van der Waals surface area contributed by atoms with Crippen molar-refractivity contribution < 1.29 is 13.2 Å². The summed E-state index contributed by atoms with van der Waals surface area (Å²) in [6.45, 7) is 1.86. The van der Waals surface area contributed by atoms with Crippen LogP contribution in [0, 0.1) is 6.92 Å². The van der Waals surface area contributed by atoms with Gasteiger partial charge in [-0.25, -0.2) is 12.4 Å². The molecule has 0 aliphatic heterocycles. The summed E-state index contributed by atoms with van der Waals surface area (Å²) in [7, 11) is -4.04. The minimum Gasteiger partial charge on any atom is -0.288 e. The second-order valence-corrected chi connectivity index (χ2v) is 9.57. The lowest BCUT2D eigenvalue weighted by Gasteiger charge is -2.14. The van der Waals surface area contributed by atoms with E-state index in [0.717, 1.165) is 15.7 Å². The highest BCUT2D eigenvalue weighted by Crippen LogP contribution is 2.24. The van der Waals surface area contributed by atoms with Crippen molar-refractivity contribution in [3.63, 3.8) is 0 Å². The summed E-state index contributed by atoms with van der Waals surface area (Å²) in [6, 6.07) is 19.4. The molecule has 0 saturated heterocycles. The van der Waals surface area contributed by atoms with E-state index in [-0.39, 0.29) is 21.4 Å². The first kappa shape index (κ1) is 20.3. The summed E-state index contributed by atoms with van der Waals surface area (Å²) >= 11 is 3.32. The van der Waals surface area contributed by atoms with E-state index in [0.29, 0.717) is 10.0 Å². The zero-order valence-corrected chi connectivity index (χ0v) is 18.3. The Balaban J connectivity index is 2.05. The summed E-state index contributed by atoms with van der Waals surface area (Å²) in [5.74, 6) is -0.532. The lowest BCUT2D eigenvalue weighted by atomic mass is 10.0. The Morgan fingerprint density at radius 1 is 0.933 bits per heavy atom. The Hall–Kier alpha value is -3.03. The molecule has 3 aromatic carbocycles. The van der Waals surface area contributed by atoms with Crippen LogP contribution in [-0.4, -0.2) is 18.2 Å². The number of pyridine rings is 1. The van der Waals surface area contributed by atoms with Crippen molar-refractivity contribution >= 4 is 42.6 Å². The third-order valence-corrected chi connectivity index (χ3v) is 6.97. The molecule has 0 aliphatic rings. The van der Waals surface area contributed by atoms with Crippen molar-refractivity contribution in [3.05, 3.63) is 110 Å². The summed E-state index contributed by atoms with van der Waals surface area (Å²) in [5, 5.41) is 0.141.